The summed E-state index contributed by atoms with van der Waals surface area (Å²) < 4.78 is 12.7. The number of methoxy groups -OCH3 is 2. The third-order valence-electron chi connectivity index (χ3n) is 6.40. The zero-order chi connectivity index (χ0) is 28.6. The van der Waals surface area contributed by atoms with E-state index in [-0.39, 0.29) is 18.4 Å². The number of aromatic nitrogens is 1. The number of ether oxygens (including phenoxy) is 2. The first kappa shape index (κ1) is 30.5. The van der Waals surface area contributed by atoms with E-state index in [1.165, 1.54) is 6.07 Å². The van der Waals surface area contributed by atoms with E-state index >= 15 is 0 Å². The summed E-state index contributed by atoms with van der Waals surface area (Å²) in [4.78, 5) is 30.6. The number of halogens is 2. The van der Waals surface area contributed by atoms with Gasteiger partial charge in [-0.3, -0.25) is 9.59 Å². The number of benzene rings is 2. The molecule has 210 valence electrons. The Morgan fingerprint density at radius 2 is 1.74 bits per heavy atom. The fraction of sp³-hybridized carbons (Fsp3) is 0.400. The highest BCUT2D eigenvalue weighted by Gasteiger charge is 2.30. The molecule has 0 fully saturated rings. The highest BCUT2D eigenvalue weighted by molar-refractivity contribution is 6.42. The Bertz CT molecular complexity index is 1270. The molecular formula is C30H37Cl2N3O4. The Morgan fingerprint density at radius 3 is 2.41 bits per heavy atom. The molecule has 2 amide bonds. The average molecular weight is 575 g/mol. The Hall–Kier alpha value is -3.00. The second-order valence-electron chi connectivity index (χ2n) is 10.3. The molecule has 0 bridgehead atoms. The summed E-state index contributed by atoms with van der Waals surface area (Å²) in [6.45, 7) is 7.79. The summed E-state index contributed by atoms with van der Waals surface area (Å²) in [6.07, 6.45) is 2.60. The van der Waals surface area contributed by atoms with E-state index in [1.54, 1.807) is 31.3 Å². The second-order valence-corrected chi connectivity index (χ2v) is 11.1. The molecule has 0 N–H and O–H groups in total. The maximum atomic E-state index is 13.8. The third kappa shape index (κ3) is 8.49. The highest BCUT2D eigenvalue weighted by atomic mass is 35.5. The molecule has 0 saturated heterocycles. The molecule has 0 aliphatic carbocycles. The lowest BCUT2D eigenvalue weighted by Gasteiger charge is -2.37. The fourth-order valence-corrected chi connectivity index (χ4v) is 4.59. The lowest BCUT2D eigenvalue weighted by Crippen LogP contribution is -2.50. The van der Waals surface area contributed by atoms with E-state index in [9.17, 15) is 9.59 Å². The van der Waals surface area contributed by atoms with Crippen LogP contribution in [0.4, 0.5) is 0 Å². The zero-order valence-electron chi connectivity index (χ0n) is 23.2. The van der Waals surface area contributed by atoms with Gasteiger partial charge in [0.05, 0.1) is 23.7 Å². The van der Waals surface area contributed by atoms with E-state index in [0.29, 0.717) is 48.3 Å². The molecule has 7 nitrogen and oxygen atoms in total. The van der Waals surface area contributed by atoms with E-state index in [0.717, 1.165) is 17.0 Å². The standard InChI is InChI=1S/C30H37Cl2N3O4/c1-30(2,3)35(20-24-10-7-14-33(24)19-22-9-6-11-25(17-22)39-5)28(36)21-34(15-8-16-38-4)29(37)23-12-13-26(31)27(32)18-23/h6-7,9-14,17-18H,8,15-16,19-21H2,1-5H3. The molecule has 1 aromatic heterocycles. The number of amides is 2. The lowest BCUT2D eigenvalue weighted by atomic mass is 10.0. The van der Waals surface area contributed by atoms with Crippen molar-refractivity contribution in [1.29, 1.82) is 0 Å². The van der Waals surface area contributed by atoms with Crippen molar-refractivity contribution in [3.63, 3.8) is 0 Å². The number of rotatable bonds is 12. The minimum atomic E-state index is -0.479. The maximum Gasteiger partial charge on any atom is 0.254 e. The molecule has 0 saturated carbocycles. The molecule has 1 heterocycles. The number of hydrogen-bond acceptors (Lipinski definition) is 4. The van der Waals surface area contributed by atoms with Gasteiger partial charge >= 0.3 is 0 Å². The number of carbonyl (C=O) groups excluding carboxylic acids is 2. The molecule has 2 aromatic carbocycles. The van der Waals surface area contributed by atoms with E-state index in [1.807, 2.05) is 68.3 Å². The van der Waals surface area contributed by atoms with Gasteiger partial charge in [0, 0.05) is 49.8 Å². The van der Waals surface area contributed by atoms with Crippen molar-refractivity contribution in [3.8, 4) is 5.75 Å². The summed E-state index contributed by atoms with van der Waals surface area (Å²) >= 11 is 12.2. The first-order valence-electron chi connectivity index (χ1n) is 12.8. The van der Waals surface area contributed by atoms with Crippen LogP contribution in [-0.2, 0) is 22.6 Å². The predicted octanol–water partition coefficient (Wildman–Crippen LogP) is 6.16. The number of nitrogens with zero attached hydrogens (tertiary/aromatic N) is 3. The van der Waals surface area contributed by atoms with Crippen molar-refractivity contribution in [2.75, 3.05) is 33.9 Å². The Morgan fingerprint density at radius 1 is 0.974 bits per heavy atom. The number of carbonyl (C=O) groups is 2. The topological polar surface area (TPSA) is 64.0 Å². The van der Waals surface area contributed by atoms with Crippen molar-refractivity contribution in [2.45, 2.75) is 45.8 Å². The Labute approximate surface area is 241 Å². The molecular weight excluding hydrogens is 537 g/mol. The van der Waals surface area contributed by atoms with Gasteiger partial charge in [0.25, 0.3) is 5.91 Å². The number of hydrogen-bond donors (Lipinski definition) is 0. The van der Waals surface area contributed by atoms with Crippen LogP contribution in [0.2, 0.25) is 10.0 Å². The summed E-state index contributed by atoms with van der Waals surface area (Å²) in [6, 6.07) is 16.7. The van der Waals surface area contributed by atoms with Gasteiger partial charge in [0.15, 0.2) is 0 Å². The molecule has 0 unspecified atom stereocenters. The summed E-state index contributed by atoms with van der Waals surface area (Å²) in [5.41, 5.74) is 1.98. The van der Waals surface area contributed by atoms with Gasteiger partial charge in [0.2, 0.25) is 5.91 Å². The largest absolute Gasteiger partial charge is 0.497 e. The second kappa shape index (κ2) is 13.9. The normalized spacial score (nSPS) is 11.4. The fourth-order valence-electron chi connectivity index (χ4n) is 4.29. The van der Waals surface area contributed by atoms with E-state index in [2.05, 4.69) is 4.57 Å². The van der Waals surface area contributed by atoms with Gasteiger partial charge in [-0.1, -0.05) is 35.3 Å². The molecule has 39 heavy (non-hydrogen) atoms. The van der Waals surface area contributed by atoms with Gasteiger partial charge in [-0.05, 0) is 75.2 Å². The molecule has 0 aliphatic heterocycles. The van der Waals surface area contributed by atoms with Crippen LogP contribution in [0.15, 0.2) is 60.8 Å². The predicted molar refractivity (Wildman–Crippen MR) is 156 cm³/mol. The van der Waals surface area contributed by atoms with Gasteiger partial charge < -0.3 is 23.8 Å². The van der Waals surface area contributed by atoms with Crippen molar-refractivity contribution >= 4 is 35.0 Å². The monoisotopic (exact) mass is 573 g/mol. The van der Waals surface area contributed by atoms with E-state index < -0.39 is 5.54 Å². The van der Waals surface area contributed by atoms with Crippen LogP contribution in [0.25, 0.3) is 0 Å². The van der Waals surface area contributed by atoms with Gasteiger partial charge in [-0.25, -0.2) is 0 Å². The lowest BCUT2D eigenvalue weighted by molar-refractivity contribution is -0.137. The first-order valence-corrected chi connectivity index (χ1v) is 13.6. The molecule has 3 aromatic rings. The maximum absolute atomic E-state index is 13.8. The summed E-state index contributed by atoms with van der Waals surface area (Å²) in [5.74, 6) is 0.364. The SMILES string of the molecule is COCCCN(CC(=O)N(Cc1cccn1Cc1cccc(OC)c1)C(C)(C)C)C(=O)c1ccc(Cl)c(Cl)c1. The van der Waals surface area contributed by atoms with Crippen LogP contribution < -0.4 is 4.74 Å². The average Bonchev–Trinajstić information content (AvgIpc) is 3.33. The third-order valence-corrected chi connectivity index (χ3v) is 7.14. The first-order chi connectivity index (χ1) is 18.5. The van der Waals surface area contributed by atoms with Crippen molar-refractivity contribution in [1.82, 2.24) is 14.4 Å². The highest BCUT2D eigenvalue weighted by Crippen LogP contribution is 2.24. The minimum Gasteiger partial charge on any atom is -0.497 e. The molecule has 3 rings (SSSR count). The summed E-state index contributed by atoms with van der Waals surface area (Å²) in [7, 11) is 3.26. The van der Waals surface area contributed by atoms with Gasteiger partial charge in [-0.15, -0.1) is 0 Å². The van der Waals surface area contributed by atoms with Crippen LogP contribution in [0.5, 0.6) is 5.75 Å². The molecule has 0 spiro atoms. The Balaban J connectivity index is 1.82. The molecule has 0 atom stereocenters. The van der Waals surface area contributed by atoms with Crippen LogP contribution in [-0.4, -0.2) is 65.6 Å². The molecule has 0 radical (unpaired) electrons. The zero-order valence-corrected chi connectivity index (χ0v) is 24.8. The van der Waals surface area contributed by atoms with Crippen LogP contribution >= 0.6 is 23.2 Å². The minimum absolute atomic E-state index is 0.0728. The van der Waals surface area contributed by atoms with Crippen molar-refractivity contribution in [2.24, 2.45) is 0 Å². The quantitative estimate of drug-likeness (QED) is 0.243. The van der Waals surface area contributed by atoms with Crippen molar-refractivity contribution < 1.29 is 19.1 Å². The van der Waals surface area contributed by atoms with E-state index in [4.69, 9.17) is 32.7 Å². The van der Waals surface area contributed by atoms with Crippen LogP contribution in [0.3, 0.4) is 0 Å². The molecule has 9 heteroatoms. The van der Waals surface area contributed by atoms with Crippen LogP contribution in [0.1, 0.15) is 48.8 Å². The van der Waals surface area contributed by atoms with Gasteiger partial charge in [-0.2, -0.15) is 0 Å². The van der Waals surface area contributed by atoms with Crippen molar-refractivity contribution in [3.05, 3.63) is 87.7 Å². The Kier molecular flexibility index (Phi) is 10.9. The summed E-state index contributed by atoms with van der Waals surface area (Å²) in [5, 5.41) is 0.657. The molecule has 0 aliphatic rings. The van der Waals surface area contributed by atoms with Gasteiger partial charge in [0.1, 0.15) is 12.3 Å². The van der Waals surface area contributed by atoms with Crippen LogP contribution in [0, 0.1) is 0 Å². The smallest absolute Gasteiger partial charge is 0.254 e.